The molecule has 0 bridgehead atoms. The van der Waals surface area contributed by atoms with Crippen LogP contribution in [0.2, 0.25) is 0 Å². The number of carbonyl (C=O) groups excluding carboxylic acids is 1. The summed E-state index contributed by atoms with van der Waals surface area (Å²) in [6, 6.07) is 19.2. The summed E-state index contributed by atoms with van der Waals surface area (Å²) in [5.41, 5.74) is 1.52. The number of amides is 1. The summed E-state index contributed by atoms with van der Waals surface area (Å²) in [4.78, 5) is 21.0. The third kappa shape index (κ3) is 4.85. The SMILES string of the molecule is O=C(NC1CC1)c1ccc(-c2nccc(NCCOc3ccccc3)n2)cc1. The summed E-state index contributed by atoms with van der Waals surface area (Å²) in [5, 5.41) is 6.23. The maximum Gasteiger partial charge on any atom is 0.251 e. The number of benzene rings is 2. The third-order valence-corrected chi connectivity index (χ3v) is 4.39. The number of nitrogens with one attached hydrogen (secondary N) is 2. The van der Waals surface area contributed by atoms with Crippen molar-refractivity contribution < 1.29 is 9.53 Å². The van der Waals surface area contributed by atoms with E-state index in [0.29, 0.717) is 30.6 Å². The van der Waals surface area contributed by atoms with Crippen molar-refractivity contribution in [2.75, 3.05) is 18.5 Å². The van der Waals surface area contributed by atoms with Gasteiger partial charge in [0.05, 0.1) is 6.54 Å². The van der Waals surface area contributed by atoms with Gasteiger partial charge in [-0.15, -0.1) is 0 Å². The van der Waals surface area contributed by atoms with Gasteiger partial charge in [0.15, 0.2) is 5.82 Å². The zero-order valence-corrected chi connectivity index (χ0v) is 15.5. The van der Waals surface area contributed by atoms with E-state index in [9.17, 15) is 4.79 Å². The molecule has 142 valence electrons. The van der Waals surface area contributed by atoms with Crippen molar-refractivity contribution in [2.45, 2.75) is 18.9 Å². The molecule has 6 heteroatoms. The summed E-state index contributed by atoms with van der Waals surface area (Å²) >= 11 is 0. The molecule has 1 saturated carbocycles. The molecular formula is C22H22N4O2. The topological polar surface area (TPSA) is 76.1 Å². The van der Waals surface area contributed by atoms with E-state index >= 15 is 0 Å². The van der Waals surface area contributed by atoms with Crippen LogP contribution in [0.1, 0.15) is 23.2 Å². The highest BCUT2D eigenvalue weighted by Gasteiger charge is 2.23. The van der Waals surface area contributed by atoms with Crippen LogP contribution >= 0.6 is 0 Å². The maximum absolute atomic E-state index is 12.1. The fourth-order valence-corrected chi connectivity index (χ4v) is 2.73. The summed E-state index contributed by atoms with van der Waals surface area (Å²) in [5.74, 6) is 2.17. The van der Waals surface area contributed by atoms with Crippen molar-refractivity contribution in [2.24, 2.45) is 0 Å². The molecule has 2 N–H and O–H groups in total. The van der Waals surface area contributed by atoms with E-state index < -0.39 is 0 Å². The van der Waals surface area contributed by atoms with Crippen LogP contribution in [0.25, 0.3) is 11.4 Å². The summed E-state index contributed by atoms with van der Waals surface area (Å²) in [7, 11) is 0. The smallest absolute Gasteiger partial charge is 0.251 e. The van der Waals surface area contributed by atoms with Crippen LogP contribution < -0.4 is 15.4 Å². The van der Waals surface area contributed by atoms with Gasteiger partial charge in [0, 0.05) is 23.4 Å². The van der Waals surface area contributed by atoms with E-state index in [2.05, 4.69) is 20.6 Å². The van der Waals surface area contributed by atoms with Gasteiger partial charge in [-0.1, -0.05) is 30.3 Å². The molecule has 0 spiro atoms. The highest BCUT2D eigenvalue weighted by molar-refractivity contribution is 5.94. The Bertz CT molecular complexity index is 925. The van der Waals surface area contributed by atoms with Crippen LogP contribution in [0.15, 0.2) is 66.9 Å². The van der Waals surface area contributed by atoms with Gasteiger partial charge >= 0.3 is 0 Å². The lowest BCUT2D eigenvalue weighted by Crippen LogP contribution is -2.25. The predicted molar refractivity (Wildman–Crippen MR) is 108 cm³/mol. The molecule has 0 aliphatic heterocycles. The van der Waals surface area contributed by atoms with E-state index in [1.54, 1.807) is 6.20 Å². The van der Waals surface area contributed by atoms with Crippen LogP contribution in [-0.4, -0.2) is 35.1 Å². The molecule has 1 aromatic heterocycles. The third-order valence-electron chi connectivity index (χ3n) is 4.39. The first-order valence-corrected chi connectivity index (χ1v) is 9.44. The van der Waals surface area contributed by atoms with Gasteiger partial charge in [-0.2, -0.15) is 0 Å². The van der Waals surface area contributed by atoms with E-state index in [0.717, 1.165) is 30.0 Å². The molecule has 28 heavy (non-hydrogen) atoms. The highest BCUT2D eigenvalue weighted by atomic mass is 16.5. The molecule has 4 rings (SSSR count). The Morgan fingerprint density at radius 1 is 1.04 bits per heavy atom. The largest absolute Gasteiger partial charge is 0.492 e. The Morgan fingerprint density at radius 2 is 1.82 bits per heavy atom. The van der Waals surface area contributed by atoms with Gasteiger partial charge in [-0.05, 0) is 43.2 Å². The van der Waals surface area contributed by atoms with Gasteiger partial charge in [0.2, 0.25) is 0 Å². The van der Waals surface area contributed by atoms with Crippen LogP contribution in [-0.2, 0) is 0 Å². The Kier molecular flexibility index (Phi) is 5.47. The molecular weight excluding hydrogens is 352 g/mol. The van der Waals surface area contributed by atoms with Crippen molar-refractivity contribution in [3.8, 4) is 17.1 Å². The number of hydrogen-bond acceptors (Lipinski definition) is 5. The second-order valence-electron chi connectivity index (χ2n) is 6.68. The van der Waals surface area contributed by atoms with Crippen molar-refractivity contribution in [3.63, 3.8) is 0 Å². The van der Waals surface area contributed by atoms with E-state index in [-0.39, 0.29) is 5.91 Å². The number of aromatic nitrogens is 2. The minimum atomic E-state index is -0.0243. The Hall–Kier alpha value is -3.41. The van der Waals surface area contributed by atoms with Gasteiger partial charge < -0.3 is 15.4 Å². The zero-order valence-electron chi connectivity index (χ0n) is 15.5. The van der Waals surface area contributed by atoms with E-state index in [1.807, 2.05) is 60.7 Å². The minimum Gasteiger partial charge on any atom is -0.492 e. The maximum atomic E-state index is 12.1. The molecule has 1 aliphatic carbocycles. The van der Waals surface area contributed by atoms with Gasteiger partial charge in [-0.3, -0.25) is 4.79 Å². The van der Waals surface area contributed by atoms with Crippen molar-refractivity contribution >= 4 is 11.7 Å². The van der Waals surface area contributed by atoms with Gasteiger partial charge in [0.1, 0.15) is 18.2 Å². The second kappa shape index (κ2) is 8.52. The Labute approximate surface area is 164 Å². The second-order valence-corrected chi connectivity index (χ2v) is 6.68. The first-order chi connectivity index (χ1) is 13.8. The van der Waals surface area contributed by atoms with Crippen LogP contribution in [0.3, 0.4) is 0 Å². The number of ether oxygens (including phenoxy) is 1. The normalized spacial score (nSPS) is 13.0. The lowest BCUT2D eigenvalue weighted by molar-refractivity contribution is 0.0951. The van der Waals surface area contributed by atoms with Crippen molar-refractivity contribution in [1.29, 1.82) is 0 Å². The highest BCUT2D eigenvalue weighted by Crippen LogP contribution is 2.21. The lowest BCUT2D eigenvalue weighted by Gasteiger charge is -2.09. The molecule has 1 aliphatic rings. The Morgan fingerprint density at radius 3 is 2.57 bits per heavy atom. The first-order valence-electron chi connectivity index (χ1n) is 9.44. The predicted octanol–water partition coefficient (Wildman–Crippen LogP) is 3.53. The first kappa shape index (κ1) is 18.0. The van der Waals surface area contributed by atoms with Crippen molar-refractivity contribution in [3.05, 3.63) is 72.4 Å². The quantitative estimate of drug-likeness (QED) is 0.590. The van der Waals surface area contributed by atoms with E-state index in [1.165, 1.54) is 0 Å². The Balaban J connectivity index is 1.33. The lowest BCUT2D eigenvalue weighted by atomic mass is 10.1. The van der Waals surface area contributed by atoms with Crippen molar-refractivity contribution in [1.82, 2.24) is 15.3 Å². The minimum absolute atomic E-state index is 0.0243. The summed E-state index contributed by atoms with van der Waals surface area (Å²) < 4.78 is 5.67. The molecule has 1 amide bonds. The fraction of sp³-hybridized carbons (Fsp3) is 0.227. The molecule has 1 fully saturated rings. The molecule has 1 heterocycles. The van der Waals surface area contributed by atoms with Crippen LogP contribution in [0.5, 0.6) is 5.75 Å². The molecule has 0 atom stereocenters. The summed E-state index contributed by atoms with van der Waals surface area (Å²) in [6.07, 6.45) is 3.87. The molecule has 0 unspecified atom stereocenters. The number of nitrogens with zero attached hydrogens (tertiary/aromatic N) is 2. The zero-order chi connectivity index (χ0) is 19.2. The number of carbonyl (C=O) groups is 1. The average molecular weight is 374 g/mol. The van der Waals surface area contributed by atoms with Gasteiger partial charge in [-0.25, -0.2) is 9.97 Å². The van der Waals surface area contributed by atoms with E-state index in [4.69, 9.17) is 4.74 Å². The molecule has 6 nitrogen and oxygen atoms in total. The molecule has 0 saturated heterocycles. The number of para-hydroxylation sites is 1. The van der Waals surface area contributed by atoms with Gasteiger partial charge in [0.25, 0.3) is 5.91 Å². The average Bonchev–Trinajstić information content (AvgIpc) is 3.56. The molecule has 0 radical (unpaired) electrons. The number of anilines is 1. The van der Waals surface area contributed by atoms with Crippen LogP contribution in [0, 0.1) is 0 Å². The van der Waals surface area contributed by atoms with Crippen LogP contribution in [0.4, 0.5) is 5.82 Å². The summed E-state index contributed by atoms with van der Waals surface area (Å²) in [6.45, 7) is 1.17. The fourth-order valence-electron chi connectivity index (χ4n) is 2.73. The number of rotatable bonds is 8. The molecule has 2 aromatic carbocycles. The standard InChI is InChI=1S/C22H22N4O2/c27-22(25-18-10-11-18)17-8-6-16(7-9-17)21-24-13-12-20(26-21)23-14-15-28-19-4-2-1-3-5-19/h1-9,12-13,18H,10-11,14-15H2,(H,25,27)(H,23,24,26). The molecule has 3 aromatic rings. The number of hydrogen-bond donors (Lipinski definition) is 2. The monoisotopic (exact) mass is 374 g/mol.